The second kappa shape index (κ2) is 5.47. The number of rotatable bonds is 1. The zero-order valence-electron chi connectivity index (χ0n) is 12.8. The standard InChI is InChI=1S/C19H21NO2/c21-18-14-5-1-2-6-15(14)19(22)17-10-8-13(7-9-16(17)18)20-11-3-4-12-20/h1-2,5-6,13H,3-4,7-12H2. The van der Waals surface area contributed by atoms with Gasteiger partial charge in [0.1, 0.15) is 0 Å². The summed E-state index contributed by atoms with van der Waals surface area (Å²) in [4.78, 5) is 28.1. The van der Waals surface area contributed by atoms with Crippen molar-refractivity contribution in [2.75, 3.05) is 13.1 Å². The molecule has 0 unspecified atom stereocenters. The van der Waals surface area contributed by atoms with Crippen molar-refractivity contribution in [3.8, 4) is 0 Å². The van der Waals surface area contributed by atoms with Crippen LogP contribution >= 0.6 is 0 Å². The Morgan fingerprint density at radius 3 is 1.82 bits per heavy atom. The average molecular weight is 295 g/mol. The van der Waals surface area contributed by atoms with Crippen molar-refractivity contribution in [1.82, 2.24) is 4.90 Å². The fraction of sp³-hybridized carbons (Fsp3) is 0.474. The van der Waals surface area contributed by atoms with Crippen LogP contribution < -0.4 is 0 Å². The van der Waals surface area contributed by atoms with E-state index in [1.54, 1.807) is 12.1 Å². The van der Waals surface area contributed by atoms with Crippen LogP contribution in [0, 0.1) is 0 Å². The lowest BCUT2D eigenvalue weighted by Crippen LogP contribution is -2.32. The number of carbonyl (C=O) groups excluding carboxylic acids is 2. The van der Waals surface area contributed by atoms with Gasteiger partial charge < -0.3 is 4.90 Å². The number of likely N-dealkylation sites (tertiary alicyclic amines) is 1. The lowest BCUT2D eigenvalue weighted by molar-refractivity contribution is 0.0970. The number of ketones is 2. The molecule has 114 valence electrons. The third kappa shape index (κ3) is 2.15. The van der Waals surface area contributed by atoms with Crippen LogP contribution in [0.5, 0.6) is 0 Å². The highest BCUT2D eigenvalue weighted by Crippen LogP contribution is 2.36. The number of hydrogen-bond donors (Lipinski definition) is 0. The van der Waals surface area contributed by atoms with Crippen molar-refractivity contribution in [3.63, 3.8) is 0 Å². The highest BCUT2D eigenvalue weighted by Gasteiger charge is 2.35. The lowest BCUT2D eigenvalue weighted by atomic mass is 9.82. The molecule has 0 amide bonds. The van der Waals surface area contributed by atoms with Gasteiger partial charge in [-0.1, -0.05) is 24.3 Å². The number of hydrogen-bond acceptors (Lipinski definition) is 3. The molecular formula is C19H21NO2. The molecule has 1 aliphatic heterocycles. The molecule has 1 aromatic carbocycles. The van der Waals surface area contributed by atoms with Crippen molar-refractivity contribution < 1.29 is 9.59 Å². The normalized spacial score (nSPS) is 23.5. The molecule has 0 radical (unpaired) electrons. The molecule has 0 spiro atoms. The van der Waals surface area contributed by atoms with E-state index in [0.717, 1.165) is 36.8 Å². The SMILES string of the molecule is O=C1C2=C(CCC(N3CCCC3)CC2)C(=O)c2ccccc21. The molecule has 0 saturated carbocycles. The molecular weight excluding hydrogens is 274 g/mol. The summed E-state index contributed by atoms with van der Waals surface area (Å²) < 4.78 is 0. The molecule has 4 rings (SSSR count). The van der Waals surface area contributed by atoms with Gasteiger partial charge >= 0.3 is 0 Å². The Bertz CT molecular complexity index is 619. The highest BCUT2D eigenvalue weighted by atomic mass is 16.1. The molecule has 0 atom stereocenters. The first-order chi connectivity index (χ1) is 10.8. The van der Waals surface area contributed by atoms with E-state index < -0.39 is 0 Å². The summed E-state index contributed by atoms with van der Waals surface area (Å²) in [7, 11) is 0. The van der Waals surface area contributed by atoms with E-state index >= 15 is 0 Å². The van der Waals surface area contributed by atoms with E-state index in [1.165, 1.54) is 25.9 Å². The Labute approximate surface area is 131 Å². The Balaban J connectivity index is 1.63. The summed E-state index contributed by atoms with van der Waals surface area (Å²) in [5.41, 5.74) is 2.80. The first kappa shape index (κ1) is 13.9. The topological polar surface area (TPSA) is 37.4 Å². The second-order valence-corrected chi connectivity index (χ2v) is 6.64. The minimum absolute atomic E-state index is 0.0901. The summed E-state index contributed by atoms with van der Waals surface area (Å²) in [5, 5.41) is 0. The largest absolute Gasteiger partial charge is 0.300 e. The van der Waals surface area contributed by atoms with Gasteiger partial charge in [0, 0.05) is 28.3 Å². The van der Waals surface area contributed by atoms with Crippen LogP contribution in [0.4, 0.5) is 0 Å². The van der Waals surface area contributed by atoms with Gasteiger partial charge in [-0.3, -0.25) is 9.59 Å². The first-order valence-electron chi connectivity index (χ1n) is 8.40. The van der Waals surface area contributed by atoms with Crippen molar-refractivity contribution in [1.29, 1.82) is 0 Å². The van der Waals surface area contributed by atoms with E-state index in [9.17, 15) is 9.59 Å². The maximum atomic E-state index is 12.8. The van der Waals surface area contributed by atoms with E-state index in [0.29, 0.717) is 17.2 Å². The second-order valence-electron chi connectivity index (χ2n) is 6.64. The predicted molar refractivity (Wildman–Crippen MR) is 85.2 cm³/mol. The van der Waals surface area contributed by atoms with Crippen molar-refractivity contribution >= 4 is 11.6 Å². The van der Waals surface area contributed by atoms with Crippen LogP contribution in [0.2, 0.25) is 0 Å². The number of fused-ring (bicyclic) bond motifs is 1. The number of carbonyl (C=O) groups is 2. The van der Waals surface area contributed by atoms with Crippen LogP contribution in [0.3, 0.4) is 0 Å². The Morgan fingerprint density at radius 1 is 0.818 bits per heavy atom. The van der Waals surface area contributed by atoms with Gasteiger partial charge in [-0.25, -0.2) is 0 Å². The Morgan fingerprint density at radius 2 is 1.32 bits per heavy atom. The monoisotopic (exact) mass is 295 g/mol. The molecule has 1 saturated heterocycles. The summed E-state index contributed by atoms with van der Waals surface area (Å²) in [5.74, 6) is 0.180. The molecule has 1 aromatic rings. The van der Waals surface area contributed by atoms with E-state index in [-0.39, 0.29) is 11.6 Å². The summed E-state index contributed by atoms with van der Waals surface area (Å²) in [6.07, 6.45) is 6.12. The predicted octanol–water partition coefficient (Wildman–Crippen LogP) is 3.40. The van der Waals surface area contributed by atoms with Crippen LogP contribution in [0.1, 0.15) is 59.2 Å². The van der Waals surface area contributed by atoms with Crippen molar-refractivity contribution in [2.45, 2.75) is 44.6 Å². The van der Waals surface area contributed by atoms with E-state index in [2.05, 4.69) is 4.90 Å². The molecule has 2 aliphatic carbocycles. The molecule has 1 heterocycles. The Hall–Kier alpha value is -1.74. The minimum atomic E-state index is 0.0901. The number of allylic oxidation sites excluding steroid dienone is 2. The summed E-state index contributed by atoms with van der Waals surface area (Å²) in [6, 6.07) is 7.82. The van der Waals surface area contributed by atoms with Crippen molar-refractivity contribution in [2.24, 2.45) is 0 Å². The van der Waals surface area contributed by atoms with E-state index in [4.69, 9.17) is 0 Å². The molecule has 0 N–H and O–H groups in total. The van der Waals surface area contributed by atoms with Gasteiger partial charge in [0.15, 0.2) is 11.6 Å². The number of Topliss-reactive ketones (excluding diaryl/α,β-unsaturated/α-hetero) is 2. The number of benzene rings is 1. The Kier molecular flexibility index (Phi) is 3.45. The summed E-state index contributed by atoms with van der Waals surface area (Å²) in [6.45, 7) is 2.36. The number of nitrogens with zero attached hydrogens (tertiary/aromatic N) is 1. The lowest BCUT2D eigenvalue weighted by Gasteiger charge is -2.26. The quantitative estimate of drug-likeness (QED) is 0.797. The van der Waals surface area contributed by atoms with Crippen LogP contribution in [0.25, 0.3) is 0 Å². The van der Waals surface area contributed by atoms with Gasteiger partial charge in [-0.15, -0.1) is 0 Å². The fourth-order valence-corrected chi connectivity index (χ4v) is 4.25. The van der Waals surface area contributed by atoms with Gasteiger partial charge in [0.2, 0.25) is 0 Å². The van der Waals surface area contributed by atoms with Crippen LogP contribution in [-0.2, 0) is 0 Å². The molecule has 0 aromatic heterocycles. The van der Waals surface area contributed by atoms with Gasteiger partial charge in [-0.05, 0) is 51.6 Å². The highest BCUT2D eigenvalue weighted by molar-refractivity contribution is 6.26. The molecule has 3 heteroatoms. The molecule has 22 heavy (non-hydrogen) atoms. The molecule has 3 nitrogen and oxygen atoms in total. The van der Waals surface area contributed by atoms with Crippen LogP contribution in [-0.4, -0.2) is 35.6 Å². The minimum Gasteiger partial charge on any atom is -0.300 e. The third-order valence-corrected chi connectivity index (χ3v) is 5.44. The molecule has 0 bridgehead atoms. The summed E-state index contributed by atoms with van der Waals surface area (Å²) >= 11 is 0. The van der Waals surface area contributed by atoms with Crippen molar-refractivity contribution in [3.05, 3.63) is 46.5 Å². The van der Waals surface area contributed by atoms with Gasteiger partial charge in [0.25, 0.3) is 0 Å². The first-order valence-corrected chi connectivity index (χ1v) is 8.40. The average Bonchev–Trinajstić information content (AvgIpc) is 2.99. The van der Waals surface area contributed by atoms with Gasteiger partial charge in [-0.2, -0.15) is 0 Å². The fourth-order valence-electron chi connectivity index (χ4n) is 4.25. The molecule has 3 aliphatic rings. The molecule has 1 fully saturated rings. The van der Waals surface area contributed by atoms with Gasteiger partial charge in [0.05, 0.1) is 0 Å². The maximum Gasteiger partial charge on any atom is 0.190 e. The zero-order valence-corrected chi connectivity index (χ0v) is 12.8. The van der Waals surface area contributed by atoms with E-state index in [1.807, 2.05) is 12.1 Å². The smallest absolute Gasteiger partial charge is 0.190 e. The third-order valence-electron chi connectivity index (χ3n) is 5.44. The van der Waals surface area contributed by atoms with Crippen LogP contribution in [0.15, 0.2) is 35.4 Å². The maximum absolute atomic E-state index is 12.8. The zero-order chi connectivity index (χ0) is 15.1.